The molecule has 0 radical (unpaired) electrons. The van der Waals surface area contributed by atoms with Gasteiger partial charge >= 0.3 is 0 Å². The van der Waals surface area contributed by atoms with Crippen molar-refractivity contribution in [1.82, 2.24) is 14.9 Å². The maximum Gasteiger partial charge on any atom is 0.228 e. The Kier molecular flexibility index (Phi) is 4.26. The zero-order valence-corrected chi connectivity index (χ0v) is 15.2. The van der Waals surface area contributed by atoms with Crippen LogP contribution in [0.4, 0.5) is 5.95 Å². The molecule has 25 heavy (non-hydrogen) atoms. The summed E-state index contributed by atoms with van der Waals surface area (Å²) >= 11 is 0. The number of hydrogen-bond donors (Lipinski definition) is 0. The Morgan fingerprint density at radius 3 is 2.44 bits per heavy atom. The molecule has 1 atom stereocenters. The van der Waals surface area contributed by atoms with E-state index in [4.69, 9.17) is 0 Å². The smallest absolute Gasteiger partial charge is 0.228 e. The number of amides is 1. The molecule has 1 aliphatic carbocycles. The van der Waals surface area contributed by atoms with Gasteiger partial charge in [0.05, 0.1) is 5.41 Å². The first kappa shape index (κ1) is 16.6. The zero-order chi connectivity index (χ0) is 17.3. The Labute approximate surface area is 150 Å². The van der Waals surface area contributed by atoms with Crippen molar-refractivity contribution in [2.24, 2.45) is 10.8 Å². The Morgan fingerprint density at radius 2 is 1.76 bits per heavy atom. The van der Waals surface area contributed by atoms with Gasteiger partial charge in [0.15, 0.2) is 0 Å². The molecular formula is C20H28N4O. The van der Waals surface area contributed by atoms with Crippen LogP contribution in [0, 0.1) is 10.8 Å². The highest BCUT2D eigenvalue weighted by atomic mass is 16.2. The van der Waals surface area contributed by atoms with Gasteiger partial charge in [0, 0.05) is 38.6 Å². The largest absolute Gasteiger partial charge is 0.342 e. The Balaban J connectivity index is 1.37. The molecule has 1 unspecified atom stereocenters. The van der Waals surface area contributed by atoms with Gasteiger partial charge in [-0.3, -0.25) is 4.79 Å². The van der Waals surface area contributed by atoms with Crippen molar-refractivity contribution >= 4 is 11.9 Å². The quantitative estimate of drug-likeness (QED) is 0.777. The second-order valence-electron chi connectivity index (χ2n) is 8.29. The van der Waals surface area contributed by atoms with Gasteiger partial charge in [-0.1, -0.05) is 19.1 Å². The summed E-state index contributed by atoms with van der Waals surface area (Å²) in [4.78, 5) is 26.3. The molecule has 1 aromatic heterocycles. The first-order chi connectivity index (χ1) is 12.1. The summed E-state index contributed by atoms with van der Waals surface area (Å²) < 4.78 is 0. The molecule has 0 N–H and O–H groups in total. The van der Waals surface area contributed by atoms with Crippen molar-refractivity contribution < 1.29 is 4.79 Å². The number of hydrogen-bond acceptors (Lipinski definition) is 4. The second-order valence-corrected chi connectivity index (χ2v) is 8.29. The van der Waals surface area contributed by atoms with Crippen LogP contribution in [0.1, 0.15) is 45.4 Å². The highest BCUT2D eigenvalue weighted by Gasteiger charge is 2.44. The highest BCUT2D eigenvalue weighted by molar-refractivity contribution is 5.82. The summed E-state index contributed by atoms with van der Waals surface area (Å²) in [5.41, 5.74) is 0.155. The third-order valence-electron chi connectivity index (χ3n) is 6.50. The fourth-order valence-corrected chi connectivity index (χ4v) is 4.69. The number of nitrogens with zero attached hydrogens (tertiary/aromatic N) is 4. The predicted octanol–water partition coefficient (Wildman–Crippen LogP) is 3.04. The number of aromatic nitrogens is 2. The van der Waals surface area contributed by atoms with Crippen molar-refractivity contribution in [3.8, 4) is 0 Å². The lowest BCUT2D eigenvalue weighted by Crippen LogP contribution is -2.49. The van der Waals surface area contributed by atoms with E-state index in [1.54, 1.807) is 0 Å². The molecule has 1 amide bonds. The van der Waals surface area contributed by atoms with Crippen LogP contribution in [0.3, 0.4) is 0 Å². The number of likely N-dealkylation sites (tertiary alicyclic amines) is 1. The van der Waals surface area contributed by atoms with Crippen LogP contribution in [0.5, 0.6) is 0 Å². The van der Waals surface area contributed by atoms with Gasteiger partial charge in [0.1, 0.15) is 0 Å². The molecule has 5 nitrogen and oxygen atoms in total. The van der Waals surface area contributed by atoms with Crippen LogP contribution in [0.25, 0.3) is 0 Å². The molecule has 0 saturated carbocycles. The molecule has 0 aromatic carbocycles. The van der Waals surface area contributed by atoms with Gasteiger partial charge in [-0.2, -0.15) is 0 Å². The van der Waals surface area contributed by atoms with E-state index in [2.05, 4.69) is 38.8 Å². The van der Waals surface area contributed by atoms with E-state index in [0.29, 0.717) is 11.3 Å². The van der Waals surface area contributed by atoms with E-state index >= 15 is 0 Å². The molecule has 4 rings (SSSR count). The van der Waals surface area contributed by atoms with Gasteiger partial charge < -0.3 is 9.80 Å². The standard InChI is InChI=1S/C20H28N4O/c1-19(6-3-2-4-7-19)17(25)23-13-8-20(9-14-23)10-15-24(16-20)18-21-11-5-12-22-18/h2-3,5,11-12H,4,6-10,13-16H2,1H3. The normalized spacial score (nSPS) is 28.5. The lowest BCUT2D eigenvalue weighted by molar-refractivity contribution is -0.144. The number of allylic oxidation sites excluding steroid dienone is 2. The second kappa shape index (κ2) is 6.43. The van der Waals surface area contributed by atoms with Crippen LogP contribution in [-0.2, 0) is 4.79 Å². The summed E-state index contributed by atoms with van der Waals surface area (Å²) in [5, 5.41) is 0. The fraction of sp³-hybridized carbons (Fsp3) is 0.650. The van der Waals surface area contributed by atoms with E-state index in [0.717, 1.165) is 64.2 Å². The van der Waals surface area contributed by atoms with Crippen molar-refractivity contribution in [2.75, 3.05) is 31.1 Å². The molecule has 2 fully saturated rings. The maximum atomic E-state index is 13.0. The monoisotopic (exact) mass is 340 g/mol. The molecule has 1 spiro atoms. The number of carbonyl (C=O) groups is 1. The fourth-order valence-electron chi connectivity index (χ4n) is 4.69. The van der Waals surface area contributed by atoms with Gasteiger partial charge in [-0.15, -0.1) is 0 Å². The molecule has 0 bridgehead atoms. The lowest BCUT2D eigenvalue weighted by Gasteiger charge is -2.43. The van der Waals surface area contributed by atoms with Crippen molar-refractivity contribution in [1.29, 1.82) is 0 Å². The minimum absolute atomic E-state index is 0.182. The summed E-state index contributed by atoms with van der Waals surface area (Å²) in [7, 11) is 0. The minimum atomic E-state index is -0.182. The van der Waals surface area contributed by atoms with Gasteiger partial charge in [0.25, 0.3) is 0 Å². The number of anilines is 1. The Morgan fingerprint density at radius 1 is 1.04 bits per heavy atom. The number of rotatable bonds is 2. The lowest BCUT2D eigenvalue weighted by atomic mass is 9.74. The van der Waals surface area contributed by atoms with E-state index < -0.39 is 0 Å². The molecular weight excluding hydrogens is 312 g/mol. The van der Waals surface area contributed by atoms with E-state index in [1.165, 1.54) is 6.42 Å². The maximum absolute atomic E-state index is 13.0. The average molecular weight is 340 g/mol. The van der Waals surface area contributed by atoms with Crippen molar-refractivity contribution in [3.05, 3.63) is 30.6 Å². The van der Waals surface area contributed by atoms with E-state index in [1.807, 2.05) is 18.5 Å². The van der Waals surface area contributed by atoms with Gasteiger partial charge in [-0.05, 0) is 50.0 Å². The van der Waals surface area contributed by atoms with E-state index in [9.17, 15) is 4.79 Å². The average Bonchev–Trinajstić information content (AvgIpc) is 3.07. The third kappa shape index (κ3) is 3.16. The third-order valence-corrected chi connectivity index (χ3v) is 6.50. The Bertz CT molecular complexity index is 651. The molecule has 5 heteroatoms. The van der Waals surface area contributed by atoms with Crippen LogP contribution < -0.4 is 4.90 Å². The molecule has 3 heterocycles. The first-order valence-corrected chi connectivity index (χ1v) is 9.57. The van der Waals surface area contributed by atoms with Gasteiger partial charge in [0.2, 0.25) is 11.9 Å². The van der Waals surface area contributed by atoms with Gasteiger partial charge in [-0.25, -0.2) is 9.97 Å². The SMILES string of the molecule is CC1(C(=O)N2CCC3(CC2)CCN(c2ncccn2)C3)CC=CCC1. The summed E-state index contributed by atoms with van der Waals surface area (Å²) in [6, 6.07) is 1.86. The summed E-state index contributed by atoms with van der Waals surface area (Å²) in [6.45, 7) is 6.01. The minimum Gasteiger partial charge on any atom is -0.342 e. The van der Waals surface area contributed by atoms with Crippen LogP contribution in [0.2, 0.25) is 0 Å². The van der Waals surface area contributed by atoms with Crippen LogP contribution in [-0.4, -0.2) is 47.0 Å². The van der Waals surface area contributed by atoms with Crippen LogP contribution in [0.15, 0.2) is 30.6 Å². The topological polar surface area (TPSA) is 49.3 Å². The van der Waals surface area contributed by atoms with Crippen molar-refractivity contribution in [3.63, 3.8) is 0 Å². The number of piperidine rings is 1. The summed E-state index contributed by atoms with van der Waals surface area (Å²) in [5.74, 6) is 1.22. The molecule has 1 aromatic rings. The molecule has 134 valence electrons. The molecule has 3 aliphatic rings. The Hall–Kier alpha value is -1.91. The predicted molar refractivity (Wildman–Crippen MR) is 98.2 cm³/mol. The van der Waals surface area contributed by atoms with Crippen molar-refractivity contribution in [2.45, 2.75) is 45.4 Å². The summed E-state index contributed by atoms with van der Waals surface area (Å²) in [6.07, 6.45) is 14.3. The molecule has 2 aliphatic heterocycles. The zero-order valence-electron chi connectivity index (χ0n) is 15.2. The van der Waals surface area contributed by atoms with Crippen LogP contribution >= 0.6 is 0 Å². The first-order valence-electron chi connectivity index (χ1n) is 9.57. The molecule has 2 saturated heterocycles. The number of carbonyl (C=O) groups excluding carboxylic acids is 1. The van der Waals surface area contributed by atoms with E-state index in [-0.39, 0.29) is 5.41 Å². The highest BCUT2D eigenvalue weighted by Crippen LogP contribution is 2.43.